The third-order valence-electron chi connectivity index (χ3n) is 1.11. The van der Waals surface area contributed by atoms with Gasteiger partial charge >= 0.3 is 0 Å². The first-order valence-corrected chi connectivity index (χ1v) is 3.33. The largest absolute Gasteiger partial charge is 0.0623 e. The maximum absolute atomic E-state index is 2.00. The minimum atomic E-state index is 2.00. The summed E-state index contributed by atoms with van der Waals surface area (Å²) in [4.78, 5) is 0. The molecule has 0 bridgehead atoms. The van der Waals surface area contributed by atoms with Crippen molar-refractivity contribution in [2.45, 2.75) is 0 Å². The highest BCUT2D eigenvalue weighted by atomic mass is 13.7. The van der Waals surface area contributed by atoms with Crippen molar-refractivity contribution in [1.82, 2.24) is 0 Å². The van der Waals surface area contributed by atoms with Gasteiger partial charge in [-0.1, -0.05) is 60.7 Å². The zero-order valence-corrected chi connectivity index (χ0v) is 5.77. The first kappa shape index (κ1) is 6.81. The molecule has 0 spiro atoms. The fraction of sp³-hybridized carbons (Fsp3) is 0. The molecule has 0 atom stereocenters. The van der Waals surface area contributed by atoms with E-state index in [2.05, 4.69) is 0 Å². The lowest BCUT2D eigenvalue weighted by Gasteiger charge is -1.69. The quantitative estimate of drug-likeness (QED) is 0.506. The van der Waals surface area contributed by atoms with Gasteiger partial charge in [-0.2, -0.15) is 0 Å². The molecule has 0 aliphatic carbocycles. The Hall–Kier alpha value is -1.30. The molecule has 0 saturated carbocycles. The van der Waals surface area contributed by atoms with Gasteiger partial charge in [-0.05, 0) is 0 Å². The van der Waals surface area contributed by atoms with E-state index in [1.54, 1.807) is 0 Å². The molecule has 0 nitrogen and oxygen atoms in total. The Kier molecular flexibility index (Phi) is 3.11. The molecular formula is C10H10. The molecule has 1 rings (SSSR count). The van der Waals surface area contributed by atoms with Crippen LogP contribution < -0.4 is 0 Å². The SMILES string of the molecule is c1ccccccccc1. The summed E-state index contributed by atoms with van der Waals surface area (Å²) < 4.78 is 0. The average molecular weight is 130 g/mol. The van der Waals surface area contributed by atoms with Crippen LogP contribution in [0.3, 0.4) is 0 Å². The Morgan fingerprint density at radius 1 is 0.200 bits per heavy atom. The maximum Gasteiger partial charge on any atom is -0.0623 e. The van der Waals surface area contributed by atoms with Gasteiger partial charge in [0.15, 0.2) is 0 Å². The van der Waals surface area contributed by atoms with Gasteiger partial charge in [-0.15, -0.1) is 0 Å². The second kappa shape index (κ2) is 4.57. The molecule has 0 aromatic heterocycles. The summed E-state index contributed by atoms with van der Waals surface area (Å²) in [6.45, 7) is 0. The topological polar surface area (TPSA) is 0 Å². The van der Waals surface area contributed by atoms with Crippen LogP contribution in [-0.2, 0) is 0 Å². The summed E-state index contributed by atoms with van der Waals surface area (Å²) in [6, 6.07) is 20.0. The van der Waals surface area contributed by atoms with E-state index in [-0.39, 0.29) is 0 Å². The van der Waals surface area contributed by atoms with Gasteiger partial charge in [-0.25, -0.2) is 0 Å². The molecule has 0 unspecified atom stereocenters. The second-order valence-electron chi connectivity index (χ2n) is 1.92. The molecule has 50 valence electrons. The van der Waals surface area contributed by atoms with E-state index < -0.39 is 0 Å². The summed E-state index contributed by atoms with van der Waals surface area (Å²) in [6.07, 6.45) is 0. The molecule has 0 radical (unpaired) electrons. The second-order valence-corrected chi connectivity index (χ2v) is 1.92. The van der Waals surface area contributed by atoms with Crippen LogP contribution in [0.1, 0.15) is 0 Å². The van der Waals surface area contributed by atoms with Gasteiger partial charge in [0.2, 0.25) is 0 Å². The first-order valence-electron chi connectivity index (χ1n) is 3.33. The van der Waals surface area contributed by atoms with Crippen LogP contribution in [0.5, 0.6) is 0 Å². The Morgan fingerprint density at radius 3 is 0.400 bits per heavy atom. The smallest absolute Gasteiger partial charge is 0.0623 e. The van der Waals surface area contributed by atoms with Gasteiger partial charge in [0, 0.05) is 0 Å². The Labute approximate surface area is 61.5 Å². The standard InChI is InChI=1S/C10H10/c1-2-4-6-8-10-9-7-5-3-1/h1-10H. The van der Waals surface area contributed by atoms with Crippen LogP contribution in [0, 0.1) is 0 Å². The Bertz CT molecular complexity index is 139. The molecular weight excluding hydrogens is 120 g/mol. The van der Waals surface area contributed by atoms with Gasteiger partial charge in [0.1, 0.15) is 0 Å². The van der Waals surface area contributed by atoms with Crippen molar-refractivity contribution in [3.8, 4) is 0 Å². The minimum absolute atomic E-state index is 2.00. The lowest BCUT2D eigenvalue weighted by molar-refractivity contribution is 1.72. The highest BCUT2D eigenvalue weighted by Crippen LogP contribution is 1.80. The first-order chi connectivity index (χ1) is 5.00. The molecule has 1 aromatic carbocycles. The van der Waals surface area contributed by atoms with Crippen LogP contribution in [0.15, 0.2) is 60.7 Å². The van der Waals surface area contributed by atoms with Crippen molar-refractivity contribution in [3.63, 3.8) is 0 Å². The van der Waals surface area contributed by atoms with Crippen molar-refractivity contribution in [3.05, 3.63) is 60.7 Å². The summed E-state index contributed by atoms with van der Waals surface area (Å²) in [7, 11) is 0. The van der Waals surface area contributed by atoms with Crippen molar-refractivity contribution in [2.75, 3.05) is 0 Å². The van der Waals surface area contributed by atoms with Crippen LogP contribution >= 0.6 is 0 Å². The summed E-state index contributed by atoms with van der Waals surface area (Å²) >= 11 is 0. The van der Waals surface area contributed by atoms with Gasteiger partial charge in [0.05, 0.1) is 0 Å². The van der Waals surface area contributed by atoms with Crippen LogP contribution in [-0.4, -0.2) is 0 Å². The summed E-state index contributed by atoms with van der Waals surface area (Å²) in [5.74, 6) is 0. The number of rotatable bonds is 0. The Balaban J connectivity index is 3.00. The molecule has 0 aliphatic heterocycles. The van der Waals surface area contributed by atoms with E-state index in [1.807, 2.05) is 60.7 Å². The lowest BCUT2D eigenvalue weighted by Crippen LogP contribution is -1.47. The predicted octanol–water partition coefficient (Wildman–Crippen LogP) is 2.81. The maximum atomic E-state index is 2.00. The molecule has 0 heteroatoms. The van der Waals surface area contributed by atoms with Crippen molar-refractivity contribution < 1.29 is 0 Å². The van der Waals surface area contributed by atoms with Crippen LogP contribution in [0.25, 0.3) is 0 Å². The molecule has 1 aromatic rings. The molecule has 0 N–H and O–H groups in total. The summed E-state index contributed by atoms with van der Waals surface area (Å²) in [5, 5.41) is 0. The van der Waals surface area contributed by atoms with Crippen molar-refractivity contribution >= 4 is 0 Å². The highest BCUT2D eigenvalue weighted by molar-refractivity contribution is 4.99. The zero-order valence-electron chi connectivity index (χ0n) is 5.77. The van der Waals surface area contributed by atoms with E-state index in [9.17, 15) is 0 Å². The molecule has 0 heterocycles. The normalized spacial score (nSPS) is 8.00. The Morgan fingerprint density at radius 2 is 0.300 bits per heavy atom. The third kappa shape index (κ3) is 2.88. The monoisotopic (exact) mass is 130 g/mol. The van der Waals surface area contributed by atoms with E-state index in [0.717, 1.165) is 0 Å². The van der Waals surface area contributed by atoms with E-state index in [4.69, 9.17) is 0 Å². The zero-order chi connectivity index (χ0) is 7.07. The third-order valence-corrected chi connectivity index (χ3v) is 1.11. The van der Waals surface area contributed by atoms with Crippen molar-refractivity contribution in [2.24, 2.45) is 0 Å². The number of hydrogen-bond donors (Lipinski definition) is 0. The van der Waals surface area contributed by atoms with E-state index in [0.29, 0.717) is 0 Å². The minimum Gasteiger partial charge on any atom is -0.0623 e. The molecule has 0 fully saturated rings. The van der Waals surface area contributed by atoms with Gasteiger partial charge in [0.25, 0.3) is 0 Å². The molecule has 0 saturated heterocycles. The molecule has 10 heavy (non-hydrogen) atoms. The predicted molar refractivity (Wildman–Crippen MR) is 44.1 cm³/mol. The molecule has 0 aliphatic rings. The van der Waals surface area contributed by atoms with E-state index >= 15 is 0 Å². The fourth-order valence-electron chi connectivity index (χ4n) is 0.642. The van der Waals surface area contributed by atoms with Crippen LogP contribution in [0.4, 0.5) is 0 Å². The van der Waals surface area contributed by atoms with E-state index in [1.165, 1.54) is 0 Å². The fourth-order valence-corrected chi connectivity index (χ4v) is 0.642. The van der Waals surface area contributed by atoms with Crippen molar-refractivity contribution in [1.29, 1.82) is 0 Å². The van der Waals surface area contributed by atoms with Crippen LogP contribution in [0.2, 0.25) is 0 Å². The number of hydrogen-bond acceptors (Lipinski definition) is 0. The average Bonchev–Trinajstić information content (AvgIpc) is 2.01. The summed E-state index contributed by atoms with van der Waals surface area (Å²) in [5.41, 5.74) is 0. The van der Waals surface area contributed by atoms with Gasteiger partial charge < -0.3 is 0 Å². The molecule has 0 amide bonds. The lowest BCUT2D eigenvalue weighted by atomic mass is 10.4. The van der Waals surface area contributed by atoms with Gasteiger partial charge in [-0.3, -0.25) is 0 Å². The highest BCUT2D eigenvalue weighted by Gasteiger charge is 1.58.